The first-order valence-corrected chi connectivity index (χ1v) is 8.24. The minimum Gasteiger partial charge on any atom is -0.495 e. The maximum absolute atomic E-state index is 12.1. The Labute approximate surface area is 160 Å². The first kappa shape index (κ1) is 19.1. The van der Waals surface area contributed by atoms with E-state index < -0.39 is 0 Å². The van der Waals surface area contributed by atoms with E-state index in [2.05, 4.69) is 10.6 Å². The van der Waals surface area contributed by atoms with Crippen LogP contribution < -0.4 is 21.1 Å². The Morgan fingerprint density at radius 2 is 1.76 bits per heavy atom. The van der Waals surface area contributed by atoms with E-state index in [4.69, 9.17) is 45.9 Å². The van der Waals surface area contributed by atoms with Crippen LogP contribution in [0.4, 0.5) is 11.4 Å². The average molecular weight is 396 g/mol. The molecule has 0 heterocycles. The summed E-state index contributed by atoms with van der Waals surface area (Å²) >= 11 is 16.8. The lowest BCUT2D eigenvalue weighted by atomic mass is 10.2. The lowest BCUT2D eigenvalue weighted by Crippen LogP contribution is -2.18. The smallest absolute Gasteiger partial charge is 0.248 e. The van der Waals surface area contributed by atoms with Crippen LogP contribution in [0.25, 0.3) is 6.08 Å². The van der Waals surface area contributed by atoms with E-state index in [1.165, 1.54) is 13.2 Å². The highest BCUT2D eigenvalue weighted by Crippen LogP contribution is 2.32. The predicted molar refractivity (Wildman–Crippen MR) is 108 cm³/mol. The molecule has 0 atom stereocenters. The van der Waals surface area contributed by atoms with Gasteiger partial charge in [0.25, 0.3) is 0 Å². The average Bonchev–Trinajstić information content (AvgIpc) is 2.54. The number of methoxy groups -OCH3 is 1. The highest BCUT2D eigenvalue weighted by atomic mass is 35.5. The maximum Gasteiger partial charge on any atom is 0.248 e. The molecule has 130 valence electrons. The quantitative estimate of drug-likeness (QED) is 0.519. The highest BCUT2D eigenvalue weighted by molar-refractivity contribution is 7.80. The van der Waals surface area contributed by atoms with E-state index in [0.717, 1.165) is 5.69 Å². The van der Waals surface area contributed by atoms with Crippen LogP contribution in [0.1, 0.15) is 5.56 Å². The van der Waals surface area contributed by atoms with Gasteiger partial charge >= 0.3 is 0 Å². The first-order chi connectivity index (χ1) is 11.9. The van der Waals surface area contributed by atoms with E-state index in [0.29, 0.717) is 27.0 Å². The molecular weight excluding hydrogens is 381 g/mol. The van der Waals surface area contributed by atoms with E-state index in [9.17, 15) is 4.79 Å². The summed E-state index contributed by atoms with van der Waals surface area (Å²) in [4.78, 5) is 12.1. The SMILES string of the molecule is COc1c(Cl)cc(Cl)cc1C=CC(=O)Nc1ccc(NC(N)=S)cc1. The third kappa shape index (κ3) is 5.63. The highest BCUT2D eigenvalue weighted by Gasteiger charge is 2.08. The fourth-order valence-electron chi connectivity index (χ4n) is 2.05. The van der Waals surface area contributed by atoms with Crippen molar-refractivity contribution in [3.05, 3.63) is 58.1 Å². The van der Waals surface area contributed by atoms with Crippen LogP contribution in [0.15, 0.2) is 42.5 Å². The molecule has 0 saturated carbocycles. The molecule has 2 rings (SSSR count). The standard InChI is InChI=1S/C17H15Cl2N3O2S/c1-24-16-10(8-11(18)9-14(16)19)2-7-15(23)21-12-3-5-13(6-4-12)22-17(20)25/h2-9H,1H3,(H,21,23)(H3,20,22,25). The van der Waals surface area contributed by atoms with Gasteiger partial charge in [-0.05, 0) is 54.7 Å². The minimum atomic E-state index is -0.312. The summed E-state index contributed by atoms with van der Waals surface area (Å²) in [5.41, 5.74) is 7.36. The molecule has 1 amide bonds. The van der Waals surface area contributed by atoms with Crippen LogP contribution in [0, 0.1) is 0 Å². The number of nitrogens with two attached hydrogens (primary N) is 1. The monoisotopic (exact) mass is 395 g/mol. The molecular formula is C17H15Cl2N3O2S. The van der Waals surface area contributed by atoms with Crippen LogP contribution in [0.5, 0.6) is 5.75 Å². The zero-order valence-corrected chi connectivity index (χ0v) is 15.5. The zero-order valence-electron chi connectivity index (χ0n) is 13.2. The molecule has 0 fully saturated rings. The first-order valence-electron chi connectivity index (χ1n) is 7.07. The van der Waals surface area contributed by atoms with Crippen molar-refractivity contribution < 1.29 is 9.53 Å². The molecule has 0 radical (unpaired) electrons. The van der Waals surface area contributed by atoms with E-state index >= 15 is 0 Å². The molecule has 5 nitrogen and oxygen atoms in total. The summed E-state index contributed by atoms with van der Waals surface area (Å²) < 4.78 is 5.23. The molecule has 0 aromatic heterocycles. The molecule has 0 unspecified atom stereocenters. The van der Waals surface area contributed by atoms with Gasteiger partial charge in [-0.25, -0.2) is 0 Å². The zero-order chi connectivity index (χ0) is 18.4. The Hall–Kier alpha value is -2.28. The van der Waals surface area contributed by atoms with Crippen molar-refractivity contribution in [1.29, 1.82) is 0 Å². The van der Waals surface area contributed by atoms with Crippen molar-refractivity contribution in [2.45, 2.75) is 0 Å². The van der Waals surface area contributed by atoms with Gasteiger partial charge in [0.15, 0.2) is 5.11 Å². The normalized spacial score (nSPS) is 10.5. The summed E-state index contributed by atoms with van der Waals surface area (Å²) in [5, 5.41) is 6.53. The largest absolute Gasteiger partial charge is 0.495 e. The number of hydrogen-bond acceptors (Lipinski definition) is 3. The Morgan fingerprint density at radius 3 is 2.32 bits per heavy atom. The van der Waals surface area contributed by atoms with Crippen molar-refractivity contribution in [2.75, 3.05) is 17.7 Å². The molecule has 25 heavy (non-hydrogen) atoms. The topological polar surface area (TPSA) is 76.4 Å². The Bertz CT molecular complexity index is 823. The molecule has 0 saturated heterocycles. The van der Waals surface area contributed by atoms with Gasteiger partial charge in [0.1, 0.15) is 5.75 Å². The molecule has 8 heteroatoms. The summed E-state index contributed by atoms with van der Waals surface area (Å²) in [5.74, 6) is 0.136. The van der Waals surface area contributed by atoms with E-state index in [1.54, 1.807) is 42.5 Å². The minimum absolute atomic E-state index is 0.175. The van der Waals surface area contributed by atoms with Gasteiger partial charge in [-0.3, -0.25) is 4.79 Å². The molecule has 2 aromatic carbocycles. The fraction of sp³-hybridized carbons (Fsp3) is 0.0588. The van der Waals surface area contributed by atoms with Crippen LogP contribution in [-0.2, 0) is 4.79 Å². The number of thiocarbonyl (C=S) groups is 1. The lowest BCUT2D eigenvalue weighted by Gasteiger charge is -2.08. The number of benzene rings is 2. The van der Waals surface area contributed by atoms with Crippen LogP contribution in [-0.4, -0.2) is 18.1 Å². The number of amides is 1. The molecule has 0 aliphatic rings. The van der Waals surface area contributed by atoms with Crippen LogP contribution >= 0.6 is 35.4 Å². The Balaban J connectivity index is 2.07. The molecule has 0 spiro atoms. The molecule has 0 bridgehead atoms. The van der Waals surface area contributed by atoms with E-state index in [1.807, 2.05) is 0 Å². The van der Waals surface area contributed by atoms with Gasteiger partial charge in [0.05, 0.1) is 12.1 Å². The second kappa shape index (κ2) is 8.71. The second-order valence-corrected chi connectivity index (χ2v) is 6.18. The molecule has 2 aromatic rings. The number of halogens is 2. The summed E-state index contributed by atoms with van der Waals surface area (Å²) in [7, 11) is 1.50. The van der Waals surface area contributed by atoms with Gasteiger partial charge in [-0.15, -0.1) is 0 Å². The Morgan fingerprint density at radius 1 is 1.16 bits per heavy atom. The third-order valence-electron chi connectivity index (χ3n) is 3.08. The summed E-state index contributed by atoms with van der Waals surface area (Å²) in [6.07, 6.45) is 2.94. The molecule has 4 N–H and O–H groups in total. The maximum atomic E-state index is 12.1. The van der Waals surface area contributed by atoms with Crippen molar-refractivity contribution in [2.24, 2.45) is 5.73 Å². The Kier molecular flexibility index (Phi) is 6.64. The number of carbonyl (C=O) groups excluding carboxylic acids is 1. The number of carbonyl (C=O) groups is 1. The van der Waals surface area contributed by atoms with Gasteiger partial charge < -0.3 is 21.1 Å². The van der Waals surface area contributed by atoms with Crippen LogP contribution in [0.2, 0.25) is 10.0 Å². The number of anilines is 2. The summed E-state index contributed by atoms with van der Waals surface area (Å²) in [6.45, 7) is 0. The van der Waals surface area contributed by atoms with Crippen molar-refractivity contribution in [1.82, 2.24) is 0 Å². The van der Waals surface area contributed by atoms with Crippen molar-refractivity contribution in [3.8, 4) is 5.75 Å². The van der Waals surface area contributed by atoms with E-state index in [-0.39, 0.29) is 11.0 Å². The number of ether oxygens (including phenoxy) is 1. The van der Waals surface area contributed by atoms with Gasteiger partial charge in [-0.2, -0.15) is 0 Å². The number of nitrogens with one attached hydrogen (secondary N) is 2. The second-order valence-electron chi connectivity index (χ2n) is 4.90. The third-order valence-corrected chi connectivity index (χ3v) is 3.68. The molecule has 0 aliphatic heterocycles. The van der Waals surface area contributed by atoms with Crippen molar-refractivity contribution in [3.63, 3.8) is 0 Å². The fourth-order valence-corrected chi connectivity index (χ4v) is 2.75. The van der Waals surface area contributed by atoms with Gasteiger partial charge in [0, 0.05) is 28.0 Å². The number of rotatable bonds is 5. The van der Waals surface area contributed by atoms with Crippen molar-refractivity contribution >= 4 is 63.9 Å². The predicted octanol–water partition coefficient (Wildman–Crippen LogP) is 4.31. The lowest BCUT2D eigenvalue weighted by molar-refractivity contribution is -0.111. The number of hydrogen-bond donors (Lipinski definition) is 3. The van der Waals surface area contributed by atoms with Gasteiger partial charge in [-0.1, -0.05) is 23.2 Å². The van der Waals surface area contributed by atoms with Crippen LogP contribution in [0.3, 0.4) is 0 Å². The van der Waals surface area contributed by atoms with Gasteiger partial charge in [0.2, 0.25) is 5.91 Å². The molecule has 0 aliphatic carbocycles. The summed E-state index contributed by atoms with van der Waals surface area (Å²) in [6, 6.07) is 10.2.